The van der Waals surface area contributed by atoms with Gasteiger partial charge in [-0.05, 0) is 66.9 Å². The molecular formula is C27H28N6O4. The first-order valence-electron chi connectivity index (χ1n) is 12.3. The number of nitrogens with one attached hydrogen (secondary N) is 1. The molecule has 1 saturated carbocycles. The van der Waals surface area contributed by atoms with E-state index in [4.69, 9.17) is 4.42 Å². The quantitative estimate of drug-likeness (QED) is 0.377. The van der Waals surface area contributed by atoms with Crippen molar-refractivity contribution in [1.82, 2.24) is 25.5 Å². The predicted molar refractivity (Wildman–Crippen MR) is 135 cm³/mol. The molecule has 2 amide bonds. The highest BCUT2D eigenvalue weighted by Crippen LogP contribution is 2.30. The number of nitrogens with zero attached hydrogens (tertiary/aromatic N) is 5. The molecule has 2 N–H and O–H groups in total. The summed E-state index contributed by atoms with van der Waals surface area (Å²) in [5.74, 6) is 0.820. The molecule has 0 saturated heterocycles. The van der Waals surface area contributed by atoms with E-state index in [9.17, 15) is 14.7 Å². The van der Waals surface area contributed by atoms with Gasteiger partial charge in [-0.3, -0.25) is 14.5 Å². The number of amides is 2. The van der Waals surface area contributed by atoms with E-state index in [2.05, 4.69) is 20.7 Å². The van der Waals surface area contributed by atoms with Crippen LogP contribution in [0.3, 0.4) is 0 Å². The minimum atomic E-state index is -0.966. The second-order valence-electron chi connectivity index (χ2n) is 9.14. The number of hydrogen-bond donors (Lipinski definition) is 2. The van der Waals surface area contributed by atoms with E-state index in [1.54, 1.807) is 36.4 Å². The van der Waals surface area contributed by atoms with Gasteiger partial charge in [-0.2, -0.15) is 4.80 Å². The van der Waals surface area contributed by atoms with Crippen LogP contribution < -0.4 is 10.2 Å². The number of carbonyl (C=O) groups is 2. The molecule has 0 bridgehead atoms. The van der Waals surface area contributed by atoms with Crippen molar-refractivity contribution in [1.29, 1.82) is 0 Å². The van der Waals surface area contributed by atoms with Gasteiger partial charge in [-0.1, -0.05) is 43.2 Å². The standard InChI is InChI=1S/C27H28N6O4/c1-18-11-16-23(37-18)26-29-31-32(30-26)17-24(35)33(21-9-3-2-4-10-21)25(19-12-14-22(34)15-13-19)27(36)28-20-7-5-6-8-20/h2-4,9-16,20,25,34H,5-8,17H2,1H3,(H,28,36)/t25-/m1/s1. The first-order chi connectivity index (χ1) is 18.0. The Morgan fingerprint density at radius 3 is 2.49 bits per heavy atom. The maximum absolute atomic E-state index is 13.8. The van der Waals surface area contributed by atoms with Gasteiger partial charge in [-0.25, -0.2) is 0 Å². The number of para-hydroxylation sites is 1. The van der Waals surface area contributed by atoms with Crippen LogP contribution in [0.25, 0.3) is 11.6 Å². The normalized spacial score (nSPS) is 14.4. The number of aryl methyl sites for hydroxylation is 1. The highest BCUT2D eigenvalue weighted by Gasteiger charge is 2.34. The Bertz CT molecular complexity index is 1360. The van der Waals surface area contributed by atoms with Crippen molar-refractivity contribution in [3.63, 3.8) is 0 Å². The third kappa shape index (κ3) is 5.53. The molecule has 5 rings (SSSR count). The number of anilines is 1. The molecule has 10 heteroatoms. The summed E-state index contributed by atoms with van der Waals surface area (Å²) in [6, 6.07) is 18.0. The van der Waals surface area contributed by atoms with E-state index in [1.165, 1.54) is 21.8 Å². The van der Waals surface area contributed by atoms with Gasteiger partial charge >= 0.3 is 0 Å². The number of phenolic OH excluding ortho intramolecular Hbond substituents is 1. The van der Waals surface area contributed by atoms with Crippen molar-refractivity contribution < 1.29 is 19.1 Å². The summed E-state index contributed by atoms with van der Waals surface area (Å²) in [6.07, 6.45) is 3.94. The fourth-order valence-corrected chi connectivity index (χ4v) is 4.61. The zero-order valence-electron chi connectivity index (χ0n) is 20.4. The van der Waals surface area contributed by atoms with Crippen LogP contribution in [-0.4, -0.2) is 43.2 Å². The summed E-state index contributed by atoms with van der Waals surface area (Å²) < 4.78 is 5.56. The maximum Gasteiger partial charge on any atom is 0.251 e. The lowest BCUT2D eigenvalue weighted by Gasteiger charge is -2.32. The fourth-order valence-electron chi connectivity index (χ4n) is 4.61. The molecule has 1 fully saturated rings. The average Bonchev–Trinajstić information content (AvgIpc) is 3.66. The van der Waals surface area contributed by atoms with Crippen LogP contribution >= 0.6 is 0 Å². The SMILES string of the molecule is Cc1ccc(-c2nnn(CC(=O)N(c3ccccc3)[C@@H](C(=O)NC3CCCC3)c3ccc(O)cc3)n2)o1. The van der Waals surface area contributed by atoms with Crippen LogP contribution in [0.4, 0.5) is 5.69 Å². The van der Waals surface area contributed by atoms with Gasteiger partial charge in [0.25, 0.3) is 5.91 Å². The van der Waals surface area contributed by atoms with Crippen LogP contribution in [0.15, 0.2) is 71.1 Å². The van der Waals surface area contributed by atoms with Gasteiger partial charge in [0.15, 0.2) is 5.76 Å². The zero-order valence-corrected chi connectivity index (χ0v) is 20.4. The summed E-state index contributed by atoms with van der Waals surface area (Å²) in [4.78, 5) is 30.2. The smallest absolute Gasteiger partial charge is 0.251 e. The van der Waals surface area contributed by atoms with E-state index < -0.39 is 11.9 Å². The number of tetrazole rings is 1. The molecule has 1 aliphatic carbocycles. The monoisotopic (exact) mass is 500 g/mol. The molecule has 2 aromatic carbocycles. The van der Waals surface area contributed by atoms with Crippen LogP contribution in [0.2, 0.25) is 0 Å². The molecule has 4 aromatic rings. The van der Waals surface area contributed by atoms with Gasteiger partial charge in [0.05, 0.1) is 0 Å². The van der Waals surface area contributed by atoms with Crippen molar-refractivity contribution in [2.75, 3.05) is 4.90 Å². The Labute approximate surface area is 213 Å². The van der Waals surface area contributed by atoms with Crippen molar-refractivity contribution >= 4 is 17.5 Å². The van der Waals surface area contributed by atoms with Crippen molar-refractivity contribution in [2.24, 2.45) is 0 Å². The third-order valence-electron chi connectivity index (χ3n) is 6.41. The van der Waals surface area contributed by atoms with E-state index in [-0.39, 0.29) is 30.1 Å². The number of furan rings is 1. The van der Waals surface area contributed by atoms with E-state index in [0.29, 0.717) is 22.8 Å². The molecule has 0 unspecified atom stereocenters. The number of aromatic hydroxyl groups is 1. The number of benzene rings is 2. The third-order valence-corrected chi connectivity index (χ3v) is 6.41. The van der Waals surface area contributed by atoms with E-state index >= 15 is 0 Å². The summed E-state index contributed by atoms with van der Waals surface area (Å²) in [5.41, 5.74) is 1.12. The van der Waals surface area contributed by atoms with E-state index in [0.717, 1.165) is 25.7 Å². The number of phenols is 1. The highest BCUT2D eigenvalue weighted by molar-refractivity contribution is 6.01. The van der Waals surface area contributed by atoms with Crippen LogP contribution in [0, 0.1) is 6.92 Å². The first-order valence-corrected chi connectivity index (χ1v) is 12.3. The van der Waals surface area contributed by atoms with Gasteiger partial charge in [0.2, 0.25) is 11.7 Å². The summed E-state index contributed by atoms with van der Waals surface area (Å²) >= 11 is 0. The molecular weight excluding hydrogens is 472 g/mol. The Morgan fingerprint density at radius 2 is 1.81 bits per heavy atom. The first kappa shape index (κ1) is 24.2. The Morgan fingerprint density at radius 1 is 1.08 bits per heavy atom. The second kappa shape index (κ2) is 10.7. The number of carbonyl (C=O) groups excluding carboxylic acids is 2. The zero-order chi connectivity index (χ0) is 25.8. The molecule has 0 spiro atoms. The Hall–Kier alpha value is -4.47. The molecule has 2 heterocycles. The van der Waals surface area contributed by atoms with Crippen molar-refractivity contribution in [3.05, 3.63) is 78.1 Å². The molecule has 0 radical (unpaired) electrons. The Balaban J connectivity index is 1.48. The lowest BCUT2D eigenvalue weighted by molar-refractivity contribution is -0.127. The molecule has 37 heavy (non-hydrogen) atoms. The minimum absolute atomic E-state index is 0.0659. The van der Waals surface area contributed by atoms with Gasteiger partial charge < -0.3 is 14.8 Å². The number of aromatic nitrogens is 4. The molecule has 190 valence electrons. The largest absolute Gasteiger partial charge is 0.508 e. The highest BCUT2D eigenvalue weighted by atomic mass is 16.3. The minimum Gasteiger partial charge on any atom is -0.508 e. The molecule has 10 nitrogen and oxygen atoms in total. The fraction of sp³-hybridized carbons (Fsp3) is 0.296. The van der Waals surface area contributed by atoms with Crippen LogP contribution in [0.1, 0.15) is 43.0 Å². The summed E-state index contributed by atoms with van der Waals surface area (Å²) in [5, 5.41) is 25.3. The second-order valence-corrected chi connectivity index (χ2v) is 9.14. The summed E-state index contributed by atoms with van der Waals surface area (Å²) in [6.45, 7) is 1.57. The average molecular weight is 501 g/mol. The van der Waals surface area contributed by atoms with Gasteiger partial charge in [0, 0.05) is 11.7 Å². The number of hydrogen-bond acceptors (Lipinski definition) is 7. The lowest BCUT2D eigenvalue weighted by atomic mass is 10.0. The maximum atomic E-state index is 13.8. The topological polar surface area (TPSA) is 126 Å². The van der Waals surface area contributed by atoms with Crippen molar-refractivity contribution in [2.45, 2.75) is 51.2 Å². The molecule has 1 atom stereocenters. The molecule has 1 aliphatic rings. The van der Waals surface area contributed by atoms with Gasteiger partial charge in [0.1, 0.15) is 24.1 Å². The molecule has 2 aromatic heterocycles. The van der Waals surface area contributed by atoms with E-state index in [1.807, 2.05) is 25.1 Å². The lowest BCUT2D eigenvalue weighted by Crippen LogP contribution is -2.47. The Kier molecular flexibility index (Phi) is 6.98. The predicted octanol–water partition coefficient (Wildman–Crippen LogP) is 3.78. The van der Waals surface area contributed by atoms with Gasteiger partial charge in [-0.15, -0.1) is 10.2 Å². The van der Waals surface area contributed by atoms with Crippen LogP contribution in [0.5, 0.6) is 5.75 Å². The summed E-state index contributed by atoms with van der Waals surface area (Å²) in [7, 11) is 0. The van der Waals surface area contributed by atoms with Crippen molar-refractivity contribution in [3.8, 4) is 17.3 Å². The number of rotatable bonds is 8. The van der Waals surface area contributed by atoms with Crippen LogP contribution in [-0.2, 0) is 16.1 Å². The molecule has 0 aliphatic heterocycles.